The molecule has 1 saturated heterocycles. The number of hydrogen-bond donors (Lipinski definition) is 0. The highest BCUT2D eigenvalue weighted by Crippen LogP contribution is 2.24. The summed E-state index contributed by atoms with van der Waals surface area (Å²) in [4.78, 5) is 15.5. The van der Waals surface area contributed by atoms with E-state index in [-0.39, 0.29) is 12.0 Å². The number of ether oxygens (including phenoxy) is 2. The molecule has 1 amide bonds. The van der Waals surface area contributed by atoms with Crippen LogP contribution in [-0.2, 0) is 0 Å². The van der Waals surface area contributed by atoms with Gasteiger partial charge in [0.15, 0.2) is 0 Å². The summed E-state index contributed by atoms with van der Waals surface area (Å²) in [6.07, 6.45) is 2.68. The molecule has 0 aliphatic carbocycles. The third-order valence-corrected chi connectivity index (χ3v) is 4.68. The molecule has 2 aromatic rings. The highest BCUT2D eigenvalue weighted by atomic mass is 32.2. The van der Waals surface area contributed by atoms with Gasteiger partial charge in [-0.15, -0.1) is 22.0 Å². The predicted molar refractivity (Wildman–Crippen MR) is 91.7 cm³/mol. The SMILES string of the molecule is COc1ccc(OC2CCN(C(=O)c3ccccc3SC)C2)nn1. The van der Waals surface area contributed by atoms with Crippen molar-refractivity contribution in [1.82, 2.24) is 15.1 Å². The van der Waals surface area contributed by atoms with E-state index in [2.05, 4.69) is 10.2 Å². The lowest BCUT2D eigenvalue weighted by Gasteiger charge is -2.18. The molecule has 3 rings (SSSR count). The van der Waals surface area contributed by atoms with Crippen molar-refractivity contribution in [2.75, 3.05) is 26.5 Å². The van der Waals surface area contributed by atoms with Crippen molar-refractivity contribution in [3.05, 3.63) is 42.0 Å². The van der Waals surface area contributed by atoms with Crippen molar-refractivity contribution < 1.29 is 14.3 Å². The molecule has 1 aromatic heterocycles. The van der Waals surface area contributed by atoms with Gasteiger partial charge in [0.05, 0.1) is 19.2 Å². The fourth-order valence-electron chi connectivity index (χ4n) is 2.65. The quantitative estimate of drug-likeness (QED) is 0.776. The minimum atomic E-state index is -0.0712. The third-order valence-electron chi connectivity index (χ3n) is 3.88. The summed E-state index contributed by atoms with van der Waals surface area (Å²) in [6, 6.07) is 11.1. The van der Waals surface area contributed by atoms with Crippen LogP contribution in [0.15, 0.2) is 41.3 Å². The second-order valence-electron chi connectivity index (χ2n) is 5.39. The number of hydrogen-bond acceptors (Lipinski definition) is 6. The fraction of sp³-hybridized carbons (Fsp3) is 0.353. The van der Waals surface area contributed by atoms with E-state index in [0.29, 0.717) is 24.8 Å². The number of benzene rings is 1. The van der Waals surface area contributed by atoms with Gasteiger partial charge in [0, 0.05) is 30.0 Å². The van der Waals surface area contributed by atoms with Crippen LogP contribution in [0.2, 0.25) is 0 Å². The fourth-order valence-corrected chi connectivity index (χ4v) is 3.24. The van der Waals surface area contributed by atoms with Crippen LogP contribution in [0.1, 0.15) is 16.8 Å². The third kappa shape index (κ3) is 3.62. The zero-order chi connectivity index (χ0) is 16.9. The Labute approximate surface area is 145 Å². The van der Waals surface area contributed by atoms with Crippen molar-refractivity contribution in [1.29, 1.82) is 0 Å². The monoisotopic (exact) mass is 345 g/mol. The average molecular weight is 345 g/mol. The van der Waals surface area contributed by atoms with Crippen LogP contribution in [0.4, 0.5) is 0 Å². The zero-order valence-electron chi connectivity index (χ0n) is 13.6. The van der Waals surface area contributed by atoms with Crippen molar-refractivity contribution >= 4 is 17.7 Å². The molecule has 7 heteroatoms. The maximum Gasteiger partial charge on any atom is 0.255 e. The molecule has 2 heterocycles. The number of likely N-dealkylation sites (tertiary alicyclic amines) is 1. The Morgan fingerprint density at radius 3 is 2.67 bits per heavy atom. The number of amides is 1. The van der Waals surface area contributed by atoms with Crippen molar-refractivity contribution in [2.24, 2.45) is 0 Å². The molecular formula is C17H19N3O3S. The number of thioether (sulfide) groups is 1. The van der Waals surface area contributed by atoms with E-state index in [4.69, 9.17) is 9.47 Å². The first-order chi connectivity index (χ1) is 11.7. The van der Waals surface area contributed by atoms with Crippen LogP contribution < -0.4 is 9.47 Å². The highest BCUT2D eigenvalue weighted by molar-refractivity contribution is 7.98. The van der Waals surface area contributed by atoms with E-state index < -0.39 is 0 Å². The summed E-state index contributed by atoms with van der Waals surface area (Å²) in [5.41, 5.74) is 0.745. The lowest BCUT2D eigenvalue weighted by atomic mass is 10.2. The van der Waals surface area contributed by atoms with E-state index in [1.807, 2.05) is 35.4 Å². The number of carbonyl (C=O) groups excluding carboxylic acids is 1. The van der Waals surface area contributed by atoms with E-state index >= 15 is 0 Å². The number of aromatic nitrogens is 2. The number of methoxy groups -OCH3 is 1. The van der Waals surface area contributed by atoms with E-state index in [9.17, 15) is 4.79 Å². The van der Waals surface area contributed by atoms with Gasteiger partial charge in [-0.1, -0.05) is 12.1 Å². The molecule has 0 saturated carbocycles. The van der Waals surface area contributed by atoms with Crippen molar-refractivity contribution in [2.45, 2.75) is 17.4 Å². The predicted octanol–water partition coefficient (Wildman–Crippen LogP) is 2.50. The first-order valence-electron chi connectivity index (χ1n) is 7.68. The summed E-state index contributed by atoms with van der Waals surface area (Å²) in [6.45, 7) is 1.23. The lowest BCUT2D eigenvalue weighted by Crippen LogP contribution is -2.31. The molecule has 6 nitrogen and oxygen atoms in total. The molecule has 1 aliphatic heterocycles. The Kier molecular flexibility index (Phi) is 5.20. The minimum absolute atomic E-state index is 0.0480. The Balaban J connectivity index is 1.63. The molecular weight excluding hydrogens is 326 g/mol. The van der Waals surface area contributed by atoms with Crippen LogP contribution in [0.5, 0.6) is 11.8 Å². The Bertz CT molecular complexity index is 708. The van der Waals surface area contributed by atoms with Gasteiger partial charge in [-0.2, -0.15) is 0 Å². The first kappa shape index (κ1) is 16.6. The van der Waals surface area contributed by atoms with Crippen LogP contribution in [-0.4, -0.2) is 53.6 Å². The van der Waals surface area contributed by atoms with Gasteiger partial charge < -0.3 is 14.4 Å². The molecule has 1 aromatic carbocycles. The van der Waals surface area contributed by atoms with Crippen LogP contribution >= 0.6 is 11.8 Å². The maximum absolute atomic E-state index is 12.7. The van der Waals surface area contributed by atoms with Crippen LogP contribution in [0.25, 0.3) is 0 Å². The molecule has 1 aliphatic rings. The molecule has 24 heavy (non-hydrogen) atoms. The van der Waals surface area contributed by atoms with Gasteiger partial charge in [-0.05, 0) is 18.4 Å². The van der Waals surface area contributed by atoms with Crippen molar-refractivity contribution in [3.8, 4) is 11.8 Å². The summed E-state index contributed by atoms with van der Waals surface area (Å²) in [5, 5.41) is 7.85. The smallest absolute Gasteiger partial charge is 0.255 e. The number of carbonyl (C=O) groups is 1. The van der Waals surface area contributed by atoms with Gasteiger partial charge >= 0.3 is 0 Å². The van der Waals surface area contributed by atoms with Gasteiger partial charge in [0.25, 0.3) is 5.91 Å². The van der Waals surface area contributed by atoms with Crippen LogP contribution in [0, 0.1) is 0 Å². The topological polar surface area (TPSA) is 64.6 Å². The van der Waals surface area contributed by atoms with Gasteiger partial charge in [-0.25, -0.2) is 0 Å². The van der Waals surface area contributed by atoms with E-state index in [1.54, 1.807) is 23.9 Å². The zero-order valence-corrected chi connectivity index (χ0v) is 14.5. The number of rotatable bonds is 5. The second kappa shape index (κ2) is 7.53. The minimum Gasteiger partial charge on any atom is -0.480 e. The molecule has 0 radical (unpaired) electrons. The lowest BCUT2D eigenvalue weighted by molar-refractivity contribution is 0.0767. The molecule has 0 spiro atoms. The van der Waals surface area contributed by atoms with Crippen molar-refractivity contribution in [3.63, 3.8) is 0 Å². The highest BCUT2D eigenvalue weighted by Gasteiger charge is 2.29. The van der Waals surface area contributed by atoms with Gasteiger partial charge in [0.1, 0.15) is 6.10 Å². The molecule has 1 atom stereocenters. The summed E-state index contributed by atoms with van der Waals surface area (Å²) in [5.74, 6) is 0.936. The molecule has 0 bridgehead atoms. The largest absolute Gasteiger partial charge is 0.480 e. The normalized spacial score (nSPS) is 16.9. The average Bonchev–Trinajstić information content (AvgIpc) is 3.10. The van der Waals surface area contributed by atoms with E-state index in [1.165, 1.54) is 7.11 Å². The standard InChI is InChI=1S/C17H19N3O3S/c1-22-15-7-8-16(19-18-15)23-12-9-10-20(11-12)17(21)13-5-3-4-6-14(13)24-2/h3-8,12H,9-11H2,1-2H3. The molecule has 0 N–H and O–H groups in total. The van der Waals surface area contributed by atoms with Gasteiger partial charge in [0.2, 0.25) is 11.8 Å². The molecule has 126 valence electrons. The van der Waals surface area contributed by atoms with Gasteiger partial charge in [-0.3, -0.25) is 4.79 Å². The Morgan fingerprint density at radius 2 is 1.96 bits per heavy atom. The Hall–Kier alpha value is -2.28. The molecule has 1 unspecified atom stereocenters. The van der Waals surface area contributed by atoms with Crippen LogP contribution in [0.3, 0.4) is 0 Å². The molecule has 1 fully saturated rings. The summed E-state index contributed by atoms with van der Waals surface area (Å²) < 4.78 is 10.8. The van der Waals surface area contributed by atoms with E-state index in [0.717, 1.165) is 16.9 Å². The summed E-state index contributed by atoms with van der Waals surface area (Å²) >= 11 is 1.58. The second-order valence-corrected chi connectivity index (χ2v) is 6.24. The maximum atomic E-state index is 12.7. The Morgan fingerprint density at radius 1 is 1.21 bits per heavy atom. The summed E-state index contributed by atoms with van der Waals surface area (Å²) in [7, 11) is 1.54. The number of nitrogens with zero attached hydrogens (tertiary/aromatic N) is 3. The first-order valence-corrected chi connectivity index (χ1v) is 8.90.